The van der Waals surface area contributed by atoms with E-state index in [0.717, 1.165) is 51.6 Å². The van der Waals surface area contributed by atoms with E-state index in [-0.39, 0.29) is 40.5 Å². The Hall–Kier alpha value is -0.940. The highest BCUT2D eigenvalue weighted by Gasteiger charge is 2.89. The molecule has 0 amide bonds. The van der Waals surface area contributed by atoms with E-state index < -0.39 is 0 Å². The molecular weight excluding hydrogens is 484 g/mol. The Morgan fingerprint density at radius 1 is 0.590 bits per heavy atom. The third-order valence-electron chi connectivity index (χ3n) is 9.75. The van der Waals surface area contributed by atoms with Crippen LogP contribution in [0.15, 0.2) is 36.5 Å². The van der Waals surface area contributed by atoms with Gasteiger partial charge in [-0.1, -0.05) is 115 Å². The van der Waals surface area contributed by atoms with E-state index in [1.807, 2.05) is 0 Å². The van der Waals surface area contributed by atoms with Gasteiger partial charge in [0.1, 0.15) is 35.1 Å². The number of hydrogen-bond donors (Lipinski definition) is 0. The van der Waals surface area contributed by atoms with Crippen molar-refractivity contribution in [2.45, 2.75) is 167 Å². The van der Waals surface area contributed by atoms with E-state index in [4.69, 9.17) is 18.9 Å². The van der Waals surface area contributed by atoms with Gasteiger partial charge in [0.15, 0.2) is 0 Å². The lowest BCUT2D eigenvalue weighted by molar-refractivity contribution is -0.0787. The van der Waals surface area contributed by atoms with Crippen LogP contribution in [-0.2, 0) is 18.9 Å². The van der Waals surface area contributed by atoms with Crippen molar-refractivity contribution in [2.24, 2.45) is 5.41 Å². The summed E-state index contributed by atoms with van der Waals surface area (Å²) in [7, 11) is 1.80. The molecule has 0 aromatic rings. The zero-order valence-electron chi connectivity index (χ0n) is 26.4. The molecule has 224 valence electrons. The van der Waals surface area contributed by atoms with Gasteiger partial charge < -0.3 is 18.9 Å². The first-order chi connectivity index (χ1) is 19.0. The fourth-order valence-electron chi connectivity index (χ4n) is 8.30. The number of ether oxygens (including phenoxy) is 4. The van der Waals surface area contributed by atoms with E-state index in [1.165, 1.54) is 44.9 Å². The average molecular weight is 545 g/mol. The minimum atomic E-state index is -0.245. The van der Waals surface area contributed by atoms with Gasteiger partial charge in [-0.3, -0.25) is 0 Å². The number of hydrogen-bond acceptors (Lipinski definition) is 4. The van der Waals surface area contributed by atoms with Crippen LogP contribution in [0.3, 0.4) is 0 Å². The van der Waals surface area contributed by atoms with E-state index >= 15 is 0 Å². The predicted molar refractivity (Wildman–Crippen MR) is 163 cm³/mol. The van der Waals surface area contributed by atoms with Gasteiger partial charge in [-0.15, -0.1) is 0 Å². The first-order valence-electron chi connectivity index (χ1n) is 16.4. The van der Waals surface area contributed by atoms with Crippen molar-refractivity contribution in [1.82, 2.24) is 0 Å². The Labute approximate surface area is 241 Å². The maximum atomic E-state index is 6.98. The minimum Gasteiger partial charge on any atom is -0.385 e. The summed E-state index contributed by atoms with van der Waals surface area (Å²) >= 11 is 0. The quantitative estimate of drug-likeness (QED) is 0.0774. The molecule has 4 nitrogen and oxygen atoms in total. The van der Waals surface area contributed by atoms with Gasteiger partial charge in [0.25, 0.3) is 0 Å². The van der Waals surface area contributed by atoms with Crippen LogP contribution in [0.5, 0.6) is 0 Å². The number of epoxide rings is 3. The molecule has 3 aliphatic heterocycles. The van der Waals surface area contributed by atoms with Gasteiger partial charge >= 0.3 is 0 Å². The highest BCUT2D eigenvalue weighted by atomic mass is 16.7. The average Bonchev–Trinajstić information content (AvgIpc) is 3.86. The molecular formula is C35H60O4. The lowest BCUT2D eigenvalue weighted by atomic mass is 9.50. The van der Waals surface area contributed by atoms with Crippen LogP contribution in [-0.4, -0.2) is 48.8 Å². The van der Waals surface area contributed by atoms with Gasteiger partial charge in [-0.25, -0.2) is 0 Å². The van der Waals surface area contributed by atoms with Crippen LogP contribution < -0.4 is 0 Å². The highest BCUT2D eigenvalue weighted by molar-refractivity contribution is 5.41. The van der Waals surface area contributed by atoms with Gasteiger partial charge in [0.05, 0.1) is 5.41 Å². The summed E-state index contributed by atoms with van der Waals surface area (Å²) in [6.07, 6.45) is 30.3. The molecule has 4 heteroatoms. The molecule has 3 aliphatic rings. The second-order valence-corrected chi connectivity index (χ2v) is 12.2. The number of methoxy groups -OCH3 is 1. The first-order valence-corrected chi connectivity index (χ1v) is 16.4. The summed E-state index contributed by atoms with van der Waals surface area (Å²) in [6.45, 7) is 14.2. The van der Waals surface area contributed by atoms with Crippen LogP contribution in [0, 0.1) is 5.41 Å². The molecule has 6 atom stereocenters. The van der Waals surface area contributed by atoms with Crippen molar-refractivity contribution in [2.75, 3.05) is 13.7 Å². The SMILES string of the molecule is CC=CC1OC1(CCC)C(CCCCCCCCCOC)(C1(CCC)OC1C=CC)C1(CCC)OC1C=CC. The van der Waals surface area contributed by atoms with Gasteiger partial charge in [-0.05, 0) is 52.9 Å². The van der Waals surface area contributed by atoms with Crippen molar-refractivity contribution >= 4 is 0 Å². The Morgan fingerprint density at radius 3 is 1.28 bits per heavy atom. The predicted octanol–water partition coefficient (Wildman–Crippen LogP) is 9.28. The Balaban J connectivity index is 2.02. The Bertz CT molecular complexity index is 729. The molecule has 39 heavy (non-hydrogen) atoms. The molecule has 0 spiro atoms. The van der Waals surface area contributed by atoms with Crippen molar-refractivity contribution < 1.29 is 18.9 Å². The van der Waals surface area contributed by atoms with Crippen LogP contribution in [0.4, 0.5) is 0 Å². The third-order valence-corrected chi connectivity index (χ3v) is 9.75. The molecule has 3 rings (SSSR count). The molecule has 0 aromatic heterocycles. The molecule has 0 saturated carbocycles. The summed E-state index contributed by atoms with van der Waals surface area (Å²) in [4.78, 5) is 0. The van der Waals surface area contributed by atoms with Crippen LogP contribution >= 0.6 is 0 Å². The summed E-state index contributed by atoms with van der Waals surface area (Å²) in [5, 5.41) is 0. The van der Waals surface area contributed by atoms with E-state index in [9.17, 15) is 0 Å². The summed E-state index contributed by atoms with van der Waals surface area (Å²) in [6, 6.07) is 0. The largest absolute Gasteiger partial charge is 0.385 e. The normalized spacial score (nSPS) is 35.3. The topological polar surface area (TPSA) is 46.8 Å². The van der Waals surface area contributed by atoms with Crippen molar-refractivity contribution in [3.8, 4) is 0 Å². The molecule has 3 saturated heterocycles. The Kier molecular flexibility index (Phi) is 12.4. The van der Waals surface area contributed by atoms with Crippen LogP contribution in [0.2, 0.25) is 0 Å². The number of allylic oxidation sites excluding steroid dienone is 3. The summed E-state index contributed by atoms with van der Waals surface area (Å²) in [5.41, 5.74) is -0.936. The zero-order chi connectivity index (χ0) is 28.4. The molecule has 0 aromatic carbocycles. The fourth-order valence-corrected chi connectivity index (χ4v) is 8.30. The number of rotatable bonds is 22. The molecule has 0 N–H and O–H groups in total. The summed E-state index contributed by atoms with van der Waals surface area (Å²) < 4.78 is 26.2. The zero-order valence-corrected chi connectivity index (χ0v) is 26.4. The van der Waals surface area contributed by atoms with Crippen LogP contribution in [0.25, 0.3) is 0 Å². The molecule has 0 bridgehead atoms. The van der Waals surface area contributed by atoms with E-state index in [0.29, 0.717) is 0 Å². The van der Waals surface area contributed by atoms with Crippen molar-refractivity contribution in [3.63, 3.8) is 0 Å². The molecule has 6 unspecified atom stereocenters. The second-order valence-electron chi connectivity index (χ2n) is 12.2. The van der Waals surface area contributed by atoms with Crippen molar-refractivity contribution in [3.05, 3.63) is 36.5 Å². The van der Waals surface area contributed by atoms with Gasteiger partial charge in [0.2, 0.25) is 0 Å². The smallest absolute Gasteiger partial charge is 0.110 e. The molecule has 3 fully saturated rings. The molecule has 0 radical (unpaired) electrons. The van der Waals surface area contributed by atoms with Crippen LogP contribution in [0.1, 0.15) is 131 Å². The molecule has 3 heterocycles. The maximum absolute atomic E-state index is 6.98. The monoisotopic (exact) mass is 544 g/mol. The third kappa shape index (κ3) is 6.15. The Morgan fingerprint density at radius 2 is 0.949 bits per heavy atom. The first kappa shape index (κ1) is 32.6. The fraction of sp³-hybridized carbons (Fsp3) is 0.829. The summed E-state index contributed by atoms with van der Waals surface area (Å²) in [5.74, 6) is 0. The maximum Gasteiger partial charge on any atom is 0.110 e. The van der Waals surface area contributed by atoms with E-state index in [2.05, 4.69) is 78.0 Å². The van der Waals surface area contributed by atoms with Crippen molar-refractivity contribution in [1.29, 1.82) is 0 Å². The lowest BCUT2D eigenvalue weighted by Gasteiger charge is -2.49. The molecule has 0 aliphatic carbocycles. The van der Waals surface area contributed by atoms with Gasteiger partial charge in [0, 0.05) is 13.7 Å². The standard InChI is InChI=1S/C35H60O4/c1-8-21-29-32(37-29,24-11-4)35(33(25-12-5)30(38-33)22-9-2,34(26-13-6)31(39-34)23-10-3)27-19-17-15-14-16-18-20-28-36-7/h8-10,21-23,29-31H,11-20,24-28H2,1-7H3. The van der Waals surface area contributed by atoms with Gasteiger partial charge in [-0.2, -0.15) is 0 Å². The number of unbranched alkanes of at least 4 members (excludes halogenated alkanes) is 6. The minimum absolute atomic E-state index is 0.136. The van der Waals surface area contributed by atoms with E-state index in [1.54, 1.807) is 7.11 Å². The second kappa shape index (κ2) is 14.8. The highest BCUT2D eigenvalue weighted by Crippen LogP contribution is 2.77. The lowest BCUT2D eigenvalue weighted by Crippen LogP contribution is -2.62.